The van der Waals surface area contributed by atoms with E-state index in [9.17, 15) is 22.8 Å². The molecule has 9 heteroatoms. The molecule has 0 aliphatic carbocycles. The molecule has 2 amide bonds. The highest BCUT2D eigenvalue weighted by molar-refractivity contribution is 8.00. The lowest BCUT2D eigenvalue weighted by atomic mass is 10.2. The second-order valence-electron chi connectivity index (χ2n) is 6.00. The smallest absolute Gasteiger partial charge is 0.416 e. The van der Waals surface area contributed by atoms with E-state index < -0.39 is 11.7 Å². The Bertz CT molecular complexity index is 859. The number of methoxy groups -OCH3 is 1. The molecule has 0 radical (unpaired) electrons. The van der Waals surface area contributed by atoms with Gasteiger partial charge in [0.25, 0.3) is 0 Å². The van der Waals surface area contributed by atoms with Crippen LogP contribution in [0.1, 0.15) is 12.5 Å². The number of nitrogens with one attached hydrogen (secondary N) is 1. The maximum Gasteiger partial charge on any atom is 0.416 e. The number of anilines is 1. The highest BCUT2D eigenvalue weighted by Gasteiger charge is 2.30. The molecule has 1 N–H and O–H groups in total. The summed E-state index contributed by atoms with van der Waals surface area (Å²) in [6.45, 7) is 1.87. The molecule has 0 unspecified atom stereocenters. The van der Waals surface area contributed by atoms with Gasteiger partial charge >= 0.3 is 6.18 Å². The predicted molar refractivity (Wildman–Crippen MR) is 106 cm³/mol. The molecule has 156 valence electrons. The van der Waals surface area contributed by atoms with Gasteiger partial charge in [-0.15, -0.1) is 11.8 Å². The van der Waals surface area contributed by atoms with Crippen molar-refractivity contribution in [2.45, 2.75) is 18.0 Å². The van der Waals surface area contributed by atoms with E-state index in [0.29, 0.717) is 22.9 Å². The molecule has 2 aromatic rings. The molecule has 0 heterocycles. The number of hydrogen-bond donors (Lipinski definition) is 1. The number of ether oxygens (including phenoxy) is 1. The summed E-state index contributed by atoms with van der Waals surface area (Å²) in [5.74, 6) is -0.196. The van der Waals surface area contributed by atoms with Crippen LogP contribution in [0, 0.1) is 0 Å². The zero-order valence-electron chi connectivity index (χ0n) is 16.0. The van der Waals surface area contributed by atoms with Crippen molar-refractivity contribution >= 4 is 29.3 Å². The van der Waals surface area contributed by atoms with E-state index in [1.807, 2.05) is 0 Å². The first-order valence-corrected chi connectivity index (χ1v) is 9.73. The van der Waals surface area contributed by atoms with Crippen molar-refractivity contribution in [3.8, 4) is 5.75 Å². The Morgan fingerprint density at radius 1 is 1.14 bits per heavy atom. The summed E-state index contributed by atoms with van der Waals surface area (Å²) in [7, 11) is 1.51. The minimum atomic E-state index is -4.44. The first-order valence-electron chi connectivity index (χ1n) is 8.74. The van der Waals surface area contributed by atoms with Crippen molar-refractivity contribution in [3.63, 3.8) is 0 Å². The lowest BCUT2D eigenvalue weighted by Crippen LogP contribution is -2.38. The quantitative estimate of drug-likeness (QED) is 0.640. The summed E-state index contributed by atoms with van der Waals surface area (Å²) < 4.78 is 43.4. The van der Waals surface area contributed by atoms with Crippen LogP contribution in [-0.2, 0) is 15.8 Å². The Kier molecular flexibility index (Phi) is 7.95. The summed E-state index contributed by atoms with van der Waals surface area (Å²) in [5.41, 5.74) is -0.226. The van der Waals surface area contributed by atoms with Crippen LogP contribution in [0.4, 0.5) is 18.9 Å². The van der Waals surface area contributed by atoms with Gasteiger partial charge in [-0.05, 0) is 37.3 Å². The monoisotopic (exact) mass is 426 g/mol. The number of carbonyl (C=O) groups is 2. The van der Waals surface area contributed by atoms with E-state index in [4.69, 9.17) is 4.74 Å². The van der Waals surface area contributed by atoms with Gasteiger partial charge in [0, 0.05) is 23.2 Å². The number of hydrogen-bond acceptors (Lipinski definition) is 4. The molecular formula is C20H21F3N2O3S. The lowest BCUT2D eigenvalue weighted by molar-refractivity contribution is -0.137. The Morgan fingerprint density at radius 2 is 1.86 bits per heavy atom. The molecule has 0 saturated carbocycles. The van der Waals surface area contributed by atoms with Crippen molar-refractivity contribution in [2.75, 3.05) is 31.3 Å². The van der Waals surface area contributed by atoms with Crippen LogP contribution in [-0.4, -0.2) is 42.7 Å². The number of likely N-dealkylation sites (N-methyl/N-ethyl adjacent to an activating group) is 1. The maximum absolute atomic E-state index is 12.8. The summed E-state index contributed by atoms with van der Waals surface area (Å²) in [6, 6.07) is 11.6. The standard InChI is InChI=1S/C20H21F3N2O3S/c1-3-25(12-18(26)24-15-7-5-8-16(11-15)28-2)19(27)13-29-17-9-4-6-14(10-17)20(21,22)23/h4-11H,3,12-13H2,1-2H3,(H,24,26). The number of amides is 2. The molecule has 0 fully saturated rings. The number of benzene rings is 2. The van der Waals surface area contributed by atoms with Gasteiger partial charge < -0.3 is 15.0 Å². The lowest BCUT2D eigenvalue weighted by Gasteiger charge is -2.20. The zero-order chi connectivity index (χ0) is 21.4. The number of carbonyl (C=O) groups excluding carboxylic acids is 2. The van der Waals surface area contributed by atoms with Crippen molar-refractivity contribution in [3.05, 3.63) is 54.1 Å². The van der Waals surface area contributed by atoms with Crippen LogP contribution >= 0.6 is 11.8 Å². The van der Waals surface area contributed by atoms with Crippen molar-refractivity contribution in [2.24, 2.45) is 0 Å². The molecule has 0 bridgehead atoms. The second kappa shape index (κ2) is 10.2. The first-order chi connectivity index (χ1) is 13.7. The first kappa shape index (κ1) is 22.6. The number of thioether (sulfide) groups is 1. The van der Waals surface area contributed by atoms with Gasteiger partial charge in [-0.1, -0.05) is 12.1 Å². The third-order valence-electron chi connectivity index (χ3n) is 3.95. The minimum absolute atomic E-state index is 0.0679. The second-order valence-corrected chi connectivity index (χ2v) is 7.05. The van der Waals surface area contributed by atoms with Gasteiger partial charge in [-0.2, -0.15) is 13.2 Å². The summed E-state index contributed by atoms with van der Waals surface area (Å²) in [6.07, 6.45) is -4.44. The van der Waals surface area contributed by atoms with E-state index in [2.05, 4.69) is 5.32 Å². The molecule has 0 aliphatic heterocycles. The minimum Gasteiger partial charge on any atom is -0.497 e. The van der Waals surface area contributed by atoms with Crippen molar-refractivity contribution in [1.29, 1.82) is 0 Å². The molecule has 0 atom stereocenters. The van der Waals surface area contributed by atoms with Gasteiger partial charge in [-0.3, -0.25) is 9.59 Å². The maximum atomic E-state index is 12.8. The molecule has 2 aromatic carbocycles. The average Bonchev–Trinajstić information content (AvgIpc) is 2.70. The molecule has 0 saturated heterocycles. The van der Waals surface area contributed by atoms with E-state index in [0.717, 1.165) is 23.9 Å². The zero-order valence-corrected chi connectivity index (χ0v) is 16.8. The fourth-order valence-electron chi connectivity index (χ4n) is 2.45. The topological polar surface area (TPSA) is 58.6 Å². The van der Waals surface area contributed by atoms with Crippen LogP contribution in [0.5, 0.6) is 5.75 Å². The van der Waals surface area contributed by atoms with Crippen LogP contribution in [0.15, 0.2) is 53.4 Å². The average molecular weight is 426 g/mol. The molecule has 0 aromatic heterocycles. The fourth-order valence-corrected chi connectivity index (χ4v) is 3.31. The van der Waals surface area contributed by atoms with E-state index in [-0.39, 0.29) is 24.1 Å². The van der Waals surface area contributed by atoms with E-state index in [1.54, 1.807) is 31.2 Å². The number of nitrogens with zero attached hydrogens (tertiary/aromatic N) is 1. The highest BCUT2D eigenvalue weighted by atomic mass is 32.2. The number of rotatable bonds is 8. The molecule has 0 aliphatic rings. The molecule has 5 nitrogen and oxygen atoms in total. The van der Waals surface area contributed by atoms with Crippen molar-refractivity contribution < 1.29 is 27.5 Å². The van der Waals surface area contributed by atoms with E-state index in [1.165, 1.54) is 24.1 Å². The third kappa shape index (κ3) is 7.01. The molecule has 0 spiro atoms. The third-order valence-corrected chi connectivity index (χ3v) is 4.92. The van der Waals surface area contributed by atoms with E-state index >= 15 is 0 Å². The fraction of sp³-hybridized carbons (Fsp3) is 0.300. The van der Waals surface area contributed by atoms with Crippen molar-refractivity contribution in [1.82, 2.24) is 4.90 Å². The van der Waals surface area contributed by atoms with Gasteiger partial charge in [0.1, 0.15) is 5.75 Å². The van der Waals surface area contributed by atoms with Gasteiger partial charge in [-0.25, -0.2) is 0 Å². The number of alkyl halides is 3. The summed E-state index contributed by atoms with van der Waals surface area (Å²) in [4.78, 5) is 26.3. The Labute approximate surface area is 171 Å². The van der Waals surface area contributed by atoms with Gasteiger partial charge in [0.2, 0.25) is 11.8 Å². The highest BCUT2D eigenvalue weighted by Crippen LogP contribution is 2.31. The van der Waals surface area contributed by atoms with Gasteiger partial charge in [0.05, 0.1) is 25.0 Å². The van der Waals surface area contributed by atoms with Crippen LogP contribution in [0.2, 0.25) is 0 Å². The summed E-state index contributed by atoms with van der Waals surface area (Å²) in [5, 5.41) is 2.69. The molecular weight excluding hydrogens is 405 g/mol. The Morgan fingerprint density at radius 3 is 2.52 bits per heavy atom. The van der Waals surface area contributed by atoms with Crippen LogP contribution < -0.4 is 10.1 Å². The SMILES string of the molecule is CCN(CC(=O)Nc1cccc(OC)c1)C(=O)CSc1cccc(C(F)(F)F)c1. The summed E-state index contributed by atoms with van der Waals surface area (Å²) >= 11 is 0.999. The predicted octanol–water partition coefficient (Wildman–Crippen LogP) is 4.29. The van der Waals surface area contributed by atoms with Gasteiger partial charge in [0.15, 0.2) is 0 Å². The number of halogens is 3. The molecule has 2 rings (SSSR count). The van der Waals surface area contributed by atoms with Crippen LogP contribution in [0.25, 0.3) is 0 Å². The normalized spacial score (nSPS) is 11.1. The largest absolute Gasteiger partial charge is 0.497 e. The Hall–Kier alpha value is -2.68. The molecule has 29 heavy (non-hydrogen) atoms. The van der Waals surface area contributed by atoms with Crippen LogP contribution in [0.3, 0.4) is 0 Å². The Balaban J connectivity index is 1.92.